The Morgan fingerprint density at radius 2 is 1.85 bits per heavy atom. The summed E-state index contributed by atoms with van der Waals surface area (Å²) in [5.74, 6) is -1.93. The predicted molar refractivity (Wildman–Crippen MR) is 95.2 cm³/mol. The van der Waals surface area contributed by atoms with Crippen molar-refractivity contribution >= 4 is 11.9 Å². The van der Waals surface area contributed by atoms with Crippen LogP contribution in [0.25, 0.3) is 5.69 Å². The van der Waals surface area contributed by atoms with Gasteiger partial charge in [-0.2, -0.15) is 9.78 Å². The minimum absolute atomic E-state index is 0.0314. The lowest BCUT2D eigenvalue weighted by Crippen LogP contribution is -2.41. The number of carboxylic acids is 1. The number of hydrogen-bond acceptors (Lipinski definition) is 4. The summed E-state index contributed by atoms with van der Waals surface area (Å²) in [6.45, 7) is 4.06. The van der Waals surface area contributed by atoms with Crippen LogP contribution in [0.4, 0.5) is 4.39 Å². The van der Waals surface area contributed by atoms with E-state index in [1.54, 1.807) is 0 Å². The topological polar surface area (TPSA) is 92.5 Å². The average molecular weight is 373 g/mol. The van der Waals surface area contributed by atoms with Gasteiger partial charge in [0.2, 0.25) is 0 Å². The first-order valence-corrected chi connectivity index (χ1v) is 8.63. The standard InChI is InChI=1S/C19H20FN3O4/c1-12(2)19(18(26)27)9-10-22(11-19)17(25)15-7-8-16(24)23(21-15)14-5-3-13(20)4-6-14/h3-8,12H,9-11H2,1-2H3,(H,26,27). The van der Waals surface area contributed by atoms with Gasteiger partial charge in [-0.3, -0.25) is 14.4 Å². The van der Waals surface area contributed by atoms with Crippen LogP contribution in [-0.2, 0) is 4.79 Å². The Balaban J connectivity index is 1.90. The zero-order valence-corrected chi connectivity index (χ0v) is 15.1. The quantitative estimate of drug-likeness (QED) is 0.884. The molecule has 1 aliphatic rings. The van der Waals surface area contributed by atoms with Crippen LogP contribution in [0, 0.1) is 17.2 Å². The normalized spacial score (nSPS) is 19.5. The first-order valence-electron chi connectivity index (χ1n) is 8.63. The molecule has 2 heterocycles. The molecule has 1 saturated heterocycles. The van der Waals surface area contributed by atoms with E-state index in [0.717, 1.165) is 4.68 Å². The van der Waals surface area contributed by atoms with Crippen LogP contribution in [0.1, 0.15) is 30.8 Å². The Morgan fingerprint density at radius 1 is 1.19 bits per heavy atom. The molecule has 1 aromatic heterocycles. The lowest BCUT2D eigenvalue weighted by molar-refractivity contribution is -0.150. The second-order valence-corrected chi connectivity index (χ2v) is 7.04. The largest absolute Gasteiger partial charge is 0.481 e. The first kappa shape index (κ1) is 18.8. The fourth-order valence-electron chi connectivity index (χ4n) is 3.35. The van der Waals surface area contributed by atoms with E-state index in [2.05, 4.69) is 5.10 Å². The molecule has 1 aliphatic heterocycles. The number of likely N-dealkylation sites (tertiary alicyclic amines) is 1. The molecule has 1 N–H and O–H groups in total. The Hall–Kier alpha value is -3.03. The molecule has 142 valence electrons. The number of aromatic nitrogens is 2. The zero-order valence-electron chi connectivity index (χ0n) is 15.1. The number of nitrogens with zero attached hydrogens (tertiary/aromatic N) is 3. The van der Waals surface area contributed by atoms with Crippen molar-refractivity contribution < 1.29 is 19.1 Å². The van der Waals surface area contributed by atoms with E-state index >= 15 is 0 Å². The van der Waals surface area contributed by atoms with Gasteiger partial charge in [-0.25, -0.2) is 4.39 Å². The Labute approximate surface area is 155 Å². The summed E-state index contributed by atoms with van der Waals surface area (Å²) < 4.78 is 14.1. The molecule has 7 nitrogen and oxygen atoms in total. The molecule has 2 aromatic rings. The lowest BCUT2D eigenvalue weighted by Gasteiger charge is -2.28. The van der Waals surface area contributed by atoms with Crippen molar-refractivity contribution in [2.45, 2.75) is 20.3 Å². The van der Waals surface area contributed by atoms with Crippen LogP contribution >= 0.6 is 0 Å². The van der Waals surface area contributed by atoms with Crippen molar-refractivity contribution in [3.05, 3.63) is 58.3 Å². The van der Waals surface area contributed by atoms with E-state index in [9.17, 15) is 23.9 Å². The second kappa shape index (κ2) is 6.94. The summed E-state index contributed by atoms with van der Waals surface area (Å²) in [6.07, 6.45) is 0.364. The highest BCUT2D eigenvalue weighted by Gasteiger charge is 2.48. The van der Waals surface area contributed by atoms with Gasteiger partial charge in [0.25, 0.3) is 11.5 Å². The number of hydrogen-bond donors (Lipinski definition) is 1. The Bertz CT molecular complexity index is 939. The summed E-state index contributed by atoms with van der Waals surface area (Å²) in [4.78, 5) is 38.1. The molecule has 0 spiro atoms. The highest BCUT2D eigenvalue weighted by atomic mass is 19.1. The minimum Gasteiger partial charge on any atom is -0.481 e. The van der Waals surface area contributed by atoms with Crippen LogP contribution in [0.15, 0.2) is 41.2 Å². The van der Waals surface area contributed by atoms with Crippen molar-refractivity contribution in [1.82, 2.24) is 14.7 Å². The molecular formula is C19H20FN3O4. The number of carbonyl (C=O) groups excluding carboxylic acids is 1. The summed E-state index contributed by atoms with van der Waals surface area (Å²) in [7, 11) is 0. The number of benzene rings is 1. The molecule has 1 fully saturated rings. The highest BCUT2D eigenvalue weighted by molar-refractivity contribution is 5.93. The summed E-state index contributed by atoms with van der Waals surface area (Å²) in [6, 6.07) is 7.71. The number of halogens is 1. The van der Waals surface area contributed by atoms with Crippen molar-refractivity contribution in [2.75, 3.05) is 13.1 Å². The molecule has 1 atom stereocenters. The van der Waals surface area contributed by atoms with Crippen LogP contribution in [0.2, 0.25) is 0 Å². The molecule has 3 rings (SSSR count). The SMILES string of the molecule is CC(C)C1(C(=O)O)CCN(C(=O)c2ccc(=O)n(-c3ccc(F)cc3)n2)C1. The average Bonchev–Trinajstić information content (AvgIpc) is 3.09. The third kappa shape index (κ3) is 3.34. The van der Waals surface area contributed by atoms with Crippen molar-refractivity contribution in [2.24, 2.45) is 11.3 Å². The van der Waals surface area contributed by atoms with Crippen molar-refractivity contribution in [3.8, 4) is 5.69 Å². The smallest absolute Gasteiger partial charge is 0.311 e. The van der Waals surface area contributed by atoms with E-state index < -0.39 is 28.7 Å². The maximum atomic E-state index is 13.1. The van der Waals surface area contributed by atoms with Crippen LogP contribution in [0.3, 0.4) is 0 Å². The Kier molecular flexibility index (Phi) is 4.82. The van der Waals surface area contributed by atoms with Crippen LogP contribution in [-0.4, -0.2) is 44.8 Å². The van der Waals surface area contributed by atoms with Gasteiger partial charge in [-0.05, 0) is 42.7 Å². The number of carbonyl (C=O) groups is 2. The van der Waals surface area contributed by atoms with Crippen LogP contribution < -0.4 is 5.56 Å². The fraction of sp³-hybridized carbons (Fsp3) is 0.368. The number of carboxylic acid groups (broad SMARTS) is 1. The lowest BCUT2D eigenvalue weighted by atomic mass is 9.76. The fourth-order valence-corrected chi connectivity index (χ4v) is 3.35. The number of rotatable bonds is 4. The number of aliphatic carboxylic acids is 1. The van der Waals surface area contributed by atoms with Gasteiger partial charge in [0.15, 0.2) is 0 Å². The summed E-state index contributed by atoms with van der Waals surface area (Å²) in [5.41, 5.74) is -1.08. The highest BCUT2D eigenvalue weighted by Crippen LogP contribution is 2.38. The maximum Gasteiger partial charge on any atom is 0.311 e. The Morgan fingerprint density at radius 3 is 2.41 bits per heavy atom. The minimum atomic E-state index is -0.985. The van der Waals surface area contributed by atoms with E-state index in [1.807, 2.05) is 13.8 Å². The molecule has 8 heteroatoms. The summed E-state index contributed by atoms with van der Waals surface area (Å²) in [5, 5.41) is 13.7. The van der Waals surface area contributed by atoms with Crippen LogP contribution in [0.5, 0.6) is 0 Å². The maximum absolute atomic E-state index is 13.1. The monoisotopic (exact) mass is 373 g/mol. The van der Waals surface area contributed by atoms with Gasteiger partial charge >= 0.3 is 5.97 Å². The molecule has 0 bridgehead atoms. The molecule has 1 unspecified atom stereocenters. The van der Waals surface area contributed by atoms with Gasteiger partial charge in [0.1, 0.15) is 11.5 Å². The molecule has 0 saturated carbocycles. The molecule has 0 radical (unpaired) electrons. The molecular weight excluding hydrogens is 353 g/mol. The molecule has 1 aromatic carbocycles. The van der Waals surface area contributed by atoms with Gasteiger partial charge < -0.3 is 10.0 Å². The number of amides is 1. The van der Waals surface area contributed by atoms with Gasteiger partial charge in [-0.15, -0.1) is 0 Å². The van der Waals surface area contributed by atoms with E-state index in [0.29, 0.717) is 18.7 Å². The van der Waals surface area contributed by atoms with Crippen molar-refractivity contribution in [1.29, 1.82) is 0 Å². The van der Waals surface area contributed by atoms with E-state index in [4.69, 9.17) is 0 Å². The van der Waals surface area contributed by atoms with E-state index in [-0.39, 0.29) is 18.2 Å². The molecule has 1 amide bonds. The van der Waals surface area contributed by atoms with E-state index in [1.165, 1.54) is 41.3 Å². The zero-order chi connectivity index (χ0) is 19.8. The molecule has 27 heavy (non-hydrogen) atoms. The van der Waals surface area contributed by atoms with Gasteiger partial charge in [0, 0.05) is 19.2 Å². The predicted octanol–water partition coefficient (Wildman–Crippen LogP) is 1.94. The summed E-state index contributed by atoms with van der Waals surface area (Å²) >= 11 is 0. The third-order valence-corrected chi connectivity index (χ3v) is 5.21. The van der Waals surface area contributed by atoms with Crippen molar-refractivity contribution in [3.63, 3.8) is 0 Å². The second-order valence-electron chi connectivity index (χ2n) is 7.04. The molecule has 0 aliphatic carbocycles. The first-order chi connectivity index (χ1) is 12.7. The van der Waals surface area contributed by atoms with Gasteiger partial charge in [0.05, 0.1) is 11.1 Å². The third-order valence-electron chi connectivity index (χ3n) is 5.21. The van der Waals surface area contributed by atoms with Gasteiger partial charge in [-0.1, -0.05) is 13.8 Å².